The smallest absolute Gasteiger partial charge is 0.417 e. The average Bonchev–Trinajstić information content (AvgIpc) is 0.865. The Bertz CT molecular complexity index is 3860. The number of aromatic carboxylic acids is 1. The van der Waals surface area contributed by atoms with Gasteiger partial charge in [0.15, 0.2) is 0 Å². The lowest BCUT2D eigenvalue weighted by molar-refractivity contribution is 0.0591. The maximum absolute atomic E-state index is 11.9. The zero-order valence-corrected chi connectivity index (χ0v) is 65.4. The number of anilines is 3. The number of carboxylic acid groups (broad SMARTS) is 1. The number of nitrogens with one attached hydrogen (secondary N) is 2. The van der Waals surface area contributed by atoms with Gasteiger partial charge < -0.3 is 82.3 Å². The maximum atomic E-state index is 11.9. The molecular weight excluding hydrogens is 1480 g/mol. The van der Waals surface area contributed by atoms with Crippen LogP contribution >= 0.6 is 69.6 Å². The molecule has 0 aromatic heterocycles. The second-order valence-corrected chi connectivity index (χ2v) is 24.9. The molecule has 0 saturated carbocycles. The van der Waals surface area contributed by atoms with Gasteiger partial charge in [-0.3, -0.25) is 10.6 Å². The summed E-state index contributed by atoms with van der Waals surface area (Å²) < 4.78 is 71.4. The molecule has 0 radical (unpaired) electrons. The average molecular weight is 1570 g/mol. The number of hydrogen-bond acceptors (Lipinski definition) is 21. The second kappa shape index (κ2) is 48.6. The molecule has 2 amide bonds. The quantitative estimate of drug-likeness (QED) is 0.0146. The molecule has 30 heteroatoms. The Balaban J connectivity index is 0.000000429. The Morgan fingerprint density at radius 2 is 0.721 bits per heavy atom. The number of aromatic hydroxyl groups is 1. The molecule has 0 aliphatic rings. The first-order chi connectivity index (χ1) is 49.2. The van der Waals surface area contributed by atoms with Gasteiger partial charge in [0, 0.05) is 134 Å². The minimum atomic E-state index is -1.03. The number of benzene rings is 7. The number of esters is 2. The third-order valence-electron chi connectivity index (χ3n) is 13.5. The third-order valence-corrected chi connectivity index (χ3v) is 15.8. The highest BCUT2D eigenvalue weighted by Crippen LogP contribution is 2.35. The van der Waals surface area contributed by atoms with Gasteiger partial charge in [0.25, 0.3) is 0 Å². The van der Waals surface area contributed by atoms with Crippen molar-refractivity contribution in [1.82, 2.24) is 0 Å². The molecule has 0 bridgehead atoms. The van der Waals surface area contributed by atoms with Crippen LogP contribution in [-0.4, -0.2) is 162 Å². The predicted molar refractivity (Wildman–Crippen MR) is 406 cm³/mol. The van der Waals surface area contributed by atoms with E-state index in [0.29, 0.717) is 159 Å². The number of amides is 2. The standard InChI is InChI=1S/C17H18ClNO4.C15H22ClNO4.C12H15ClO4.C11H13ClO4.C10H14ClNO2.C9H9ClO3/c1-12-15(18)10-13(11-16(12)22-9-8-21-2)19-17(20)23-14-6-4-3-5-7-14;1-10-12(16)8-11(9-13(10)20-7-6-19-5)17-14(18)21-15(2,3)4;1-8-10(13)6-9(12(14)16-3)7-11(8)17-5-4-15-2;1-7-9(12)5-8(11(13)14)6-10(7)16-4-3-15-2;1-7-9(11)5-8(12)6-10(7)14-4-3-13-2;1-5-7(10)3-6(4-8(5)11)9(12)13-2/h3-7,10-11H,8-9H2,1-2H3,(H,19,20);8-9H,6-7H2,1-5H3,(H,17,18);6-7H,4-5H2,1-3H3;5-6H,3-4H2,1-2H3,(H,13,14);5-6H,3-4,12H2,1-2H3;3-4,11H,1-2H3. The molecular formula is C74H91Cl6N3O21. The number of nitrogen functional groups attached to an aromatic ring is 1. The Morgan fingerprint density at radius 3 is 1.08 bits per heavy atom. The first kappa shape index (κ1) is 91.7. The number of halogens is 6. The molecule has 7 aromatic carbocycles. The van der Waals surface area contributed by atoms with Gasteiger partial charge in [0.2, 0.25) is 0 Å². The summed E-state index contributed by atoms with van der Waals surface area (Å²) >= 11 is 35.9. The fraction of sp³-hybridized carbons (Fsp3) is 0.365. The van der Waals surface area contributed by atoms with Gasteiger partial charge in [-0.2, -0.15) is 0 Å². The lowest BCUT2D eigenvalue weighted by atomic mass is 10.1. The predicted octanol–water partition coefficient (Wildman–Crippen LogP) is 17.5. The van der Waals surface area contributed by atoms with E-state index in [-0.39, 0.29) is 16.9 Å². The van der Waals surface area contributed by atoms with Crippen molar-refractivity contribution < 1.29 is 101 Å². The highest BCUT2D eigenvalue weighted by molar-refractivity contribution is 6.33. The normalized spacial score (nSPS) is 10.3. The summed E-state index contributed by atoms with van der Waals surface area (Å²) in [6, 6.07) is 27.8. The van der Waals surface area contributed by atoms with Crippen LogP contribution in [0.1, 0.15) is 85.2 Å². The van der Waals surface area contributed by atoms with Crippen LogP contribution in [0.3, 0.4) is 0 Å². The molecule has 0 aliphatic heterocycles. The monoisotopic (exact) mass is 1570 g/mol. The number of methoxy groups -OCH3 is 7. The van der Waals surface area contributed by atoms with Crippen LogP contribution in [-0.2, 0) is 37.9 Å². The number of carbonyl (C=O) groups excluding carboxylic acids is 4. The number of nitrogens with two attached hydrogens (primary N) is 1. The van der Waals surface area contributed by atoms with Crippen LogP contribution < -0.4 is 44.8 Å². The Kier molecular flexibility index (Phi) is 42.9. The molecule has 0 aliphatic carbocycles. The Hall–Kier alpha value is -8.37. The number of carbonyl (C=O) groups is 5. The number of phenolic OH excluding ortho intramolecular Hbond substituents is 1. The number of hydrogen-bond donors (Lipinski definition) is 5. The van der Waals surface area contributed by atoms with Gasteiger partial charge in [0.05, 0.1) is 63.9 Å². The van der Waals surface area contributed by atoms with Gasteiger partial charge in [-0.25, -0.2) is 24.0 Å². The second-order valence-electron chi connectivity index (χ2n) is 22.5. The van der Waals surface area contributed by atoms with Crippen molar-refractivity contribution in [1.29, 1.82) is 0 Å². The van der Waals surface area contributed by atoms with Crippen LogP contribution in [0.2, 0.25) is 30.1 Å². The van der Waals surface area contributed by atoms with Crippen LogP contribution in [0.5, 0.6) is 40.2 Å². The molecule has 0 saturated heterocycles. The molecule has 570 valence electrons. The number of ether oxygens (including phenoxy) is 14. The van der Waals surface area contributed by atoms with Gasteiger partial charge in [-0.05, 0) is 129 Å². The van der Waals surface area contributed by atoms with E-state index in [9.17, 15) is 29.1 Å². The number of phenols is 1. The molecule has 104 heavy (non-hydrogen) atoms. The van der Waals surface area contributed by atoms with E-state index in [1.165, 1.54) is 38.5 Å². The fourth-order valence-electron chi connectivity index (χ4n) is 7.78. The van der Waals surface area contributed by atoms with E-state index in [0.717, 1.165) is 27.8 Å². The van der Waals surface area contributed by atoms with Crippen LogP contribution in [0.15, 0.2) is 103 Å². The van der Waals surface area contributed by atoms with E-state index < -0.39 is 35.7 Å². The first-order valence-electron chi connectivity index (χ1n) is 31.5. The summed E-state index contributed by atoms with van der Waals surface area (Å²) in [6.45, 7) is 20.7. The molecule has 6 N–H and O–H groups in total. The molecule has 0 heterocycles. The van der Waals surface area contributed by atoms with E-state index in [1.807, 2.05) is 33.8 Å². The summed E-state index contributed by atoms with van der Waals surface area (Å²) in [5.41, 5.74) is 12.0. The fourth-order valence-corrected chi connectivity index (χ4v) is 9.05. The first-order valence-corrected chi connectivity index (χ1v) is 33.7. The highest BCUT2D eigenvalue weighted by atomic mass is 35.5. The van der Waals surface area contributed by atoms with E-state index in [2.05, 4.69) is 20.1 Å². The molecule has 24 nitrogen and oxygen atoms in total. The number of rotatable bonds is 26. The summed E-state index contributed by atoms with van der Waals surface area (Å²) in [5, 5.41) is 26.3. The lowest BCUT2D eigenvalue weighted by Gasteiger charge is -2.20. The van der Waals surface area contributed by atoms with Crippen molar-refractivity contribution >= 4 is 117 Å². The summed E-state index contributed by atoms with van der Waals surface area (Å²) in [7, 11) is 10.6. The summed E-state index contributed by atoms with van der Waals surface area (Å²) in [6.07, 6.45) is -1.13. The Labute approximate surface area is 637 Å². The zero-order valence-electron chi connectivity index (χ0n) is 60.9. The molecule has 0 fully saturated rings. The SMILES string of the molecule is COC(=O)c1cc(O)c(C)c(Cl)c1.COCCOc1cc(C(=O)O)cc(Cl)c1C.COCCOc1cc(C(=O)OC)cc(Cl)c1C.COCCOc1cc(N)cc(Cl)c1C.COCCOc1cc(NC(=O)OC(C)(C)C)cc(Cl)c1C.COCCOc1cc(NC(=O)Oc2ccccc2)cc(Cl)c1C. The van der Waals surface area contributed by atoms with Crippen LogP contribution in [0.4, 0.5) is 26.7 Å². The topological polar surface area (TPSA) is 305 Å². The third kappa shape index (κ3) is 34.0. The molecule has 0 unspecified atom stereocenters. The van der Waals surface area contributed by atoms with Crippen molar-refractivity contribution in [2.24, 2.45) is 0 Å². The van der Waals surface area contributed by atoms with E-state index in [4.69, 9.17) is 137 Å². The highest BCUT2D eigenvalue weighted by Gasteiger charge is 2.19. The lowest BCUT2D eigenvalue weighted by Crippen LogP contribution is -2.27. The van der Waals surface area contributed by atoms with Gasteiger partial charge >= 0.3 is 30.1 Å². The zero-order chi connectivity index (χ0) is 78.2. The van der Waals surface area contributed by atoms with Gasteiger partial charge in [-0.1, -0.05) is 87.8 Å². The van der Waals surface area contributed by atoms with Gasteiger partial charge in [-0.15, -0.1) is 0 Å². The molecule has 7 aromatic rings. The van der Waals surface area contributed by atoms with E-state index >= 15 is 0 Å². The summed E-state index contributed by atoms with van der Waals surface area (Å²) in [4.78, 5) is 56.9. The maximum Gasteiger partial charge on any atom is 0.417 e. The Morgan fingerprint density at radius 1 is 0.404 bits per heavy atom. The molecule has 0 atom stereocenters. The minimum absolute atomic E-state index is 0.00657. The van der Waals surface area contributed by atoms with Crippen LogP contribution in [0, 0.1) is 41.5 Å². The summed E-state index contributed by atoms with van der Waals surface area (Å²) in [5.74, 6) is 1.41. The van der Waals surface area contributed by atoms with Crippen molar-refractivity contribution in [3.63, 3.8) is 0 Å². The van der Waals surface area contributed by atoms with Crippen molar-refractivity contribution in [2.45, 2.75) is 67.9 Å². The molecule has 0 spiro atoms. The number of para-hydroxylation sites is 1. The van der Waals surface area contributed by atoms with Crippen molar-refractivity contribution in [2.75, 3.05) is 132 Å². The van der Waals surface area contributed by atoms with E-state index in [1.54, 1.807) is 143 Å². The largest absolute Gasteiger partial charge is 0.508 e. The molecule has 7 rings (SSSR count). The van der Waals surface area contributed by atoms with Crippen molar-refractivity contribution in [3.8, 4) is 40.2 Å². The van der Waals surface area contributed by atoms with Gasteiger partial charge in [0.1, 0.15) is 78.9 Å². The number of carboxylic acids is 1. The minimum Gasteiger partial charge on any atom is -0.508 e. The van der Waals surface area contributed by atoms with Crippen LogP contribution in [0.25, 0.3) is 0 Å². The van der Waals surface area contributed by atoms with Crippen molar-refractivity contribution in [3.05, 3.63) is 183 Å².